The summed E-state index contributed by atoms with van der Waals surface area (Å²) in [6.45, 7) is 8.00. The highest BCUT2D eigenvalue weighted by atomic mass is 16.5. The van der Waals surface area contributed by atoms with E-state index in [9.17, 15) is 9.59 Å². The van der Waals surface area contributed by atoms with Gasteiger partial charge in [0.15, 0.2) is 0 Å². The van der Waals surface area contributed by atoms with E-state index >= 15 is 0 Å². The van der Waals surface area contributed by atoms with Gasteiger partial charge in [0.2, 0.25) is 0 Å². The molecule has 0 bridgehead atoms. The molecular weight excluding hydrogens is 332 g/mol. The van der Waals surface area contributed by atoms with E-state index in [1.807, 2.05) is 32.9 Å². The maximum Gasteiger partial charge on any atom is 0.332 e. The van der Waals surface area contributed by atoms with Crippen LogP contribution in [0, 0.1) is 5.41 Å². The van der Waals surface area contributed by atoms with E-state index in [-0.39, 0.29) is 17.9 Å². The minimum Gasteiger partial charge on any atom is -0.464 e. The summed E-state index contributed by atoms with van der Waals surface area (Å²) >= 11 is 0. The average molecular weight is 356 g/mol. The number of benzene rings is 1. The minimum atomic E-state index is -0.850. The molecular formula is C19H24N4O3. The molecule has 0 aliphatic rings. The van der Waals surface area contributed by atoms with Crippen LogP contribution >= 0.6 is 0 Å². The van der Waals surface area contributed by atoms with Crippen LogP contribution in [0.2, 0.25) is 0 Å². The van der Waals surface area contributed by atoms with Crippen molar-refractivity contribution in [2.75, 3.05) is 6.61 Å². The lowest BCUT2D eigenvalue weighted by molar-refractivity contribution is -0.144. The Morgan fingerprint density at radius 2 is 2.12 bits per heavy atom. The van der Waals surface area contributed by atoms with E-state index in [1.54, 1.807) is 42.2 Å². The van der Waals surface area contributed by atoms with E-state index in [1.165, 1.54) is 6.33 Å². The van der Waals surface area contributed by atoms with Crippen LogP contribution in [-0.2, 0) is 9.53 Å². The van der Waals surface area contributed by atoms with Gasteiger partial charge in [0.05, 0.1) is 12.3 Å². The number of hydrogen-bond acceptors (Lipinski definition) is 5. The number of aromatic nitrogens is 3. The molecule has 0 aliphatic carbocycles. The first-order chi connectivity index (χ1) is 12.3. The van der Waals surface area contributed by atoms with Gasteiger partial charge in [0, 0.05) is 5.56 Å². The Labute approximate surface area is 153 Å². The van der Waals surface area contributed by atoms with Gasteiger partial charge in [-0.05, 0) is 30.5 Å². The van der Waals surface area contributed by atoms with Gasteiger partial charge in [-0.3, -0.25) is 4.79 Å². The van der Waals surface area contributed by atoms with Crippen LogP contribution in [0.3, 0.4) is 0 Å². The first-order valence-electron chi connectivity index (χ1n) is 8.42. The predicted octanol–water partition coefficient (Wildman–Crippen LogP) is 2.53. The number of allylic oxidation sites excluding steroid dienone is 1. The molecule has 2 rings (SSSR count). The zero-order valence-electron chi connectivity index (χ0n) is 15.5. The third kappa shape index (κ3) is 5.54. The van der Waals surface area contributed by atoms with Crippen LogP contribution in [0.15, 0.2) is 49.1 Å². The van der Waals surface area contributed by atoms with Crippen LogP contribution in [0.25, 0.3) is 5.69 Å². The summed E-state index contributed by atoms with van der Waals surface area (Å²) in [5.74, 6) is -0.864. The third-order valence-corrected chi connectivity index (χ3v) is 3.41. The molecule has 0 spiro atoms. The molecule has 1 aromatic heterocycles. The van der Waals surface area contributed by atoms with Crippen LogP contribution < -0.4 is 5.32 Å². The third-order valence-electron chi connectivity index (χ3n) is 3.41. The summed E-state index contributed by atoms with van der Waals surface area (Å²) < 4.78 is 6.62. The Morgan fingerprint density at radius 3 is 2.73 bits per heavy atom. The van der Waals surface area contributed by atoms with Crippen molar-refractivity contribution < 1.29 is 14.3 Å². The Morgan fingerprint density at radius 1 is 1.35 bits per heavy atom. The first kappa shape index (κ1) is 19.4. The number of rotatable bonds is 6. The number of carbonyl (C=O) groups excluding carboxylic acids is 2. The Bertz CT molecular complexity index is 776. The van der Waals surface area contributed by atoms with Crippen molar-refractivity contribution >= 4 is 11.9 Å². The topological polar surface area (TPSA) is 86.1 Å². The number of nitrogens with zero attached hydrogens (tertiary/aromatic N) is 3. The number of amides is 1. The molecule has 0 aliphatic heterocycles. The fourth-order valence-electron chi connectivity index (χ4n) is 2.16. The summed E-state index contributed by atoms with van der Waals surface area (Å²) in [6.07, 6.45) is 6.50. The zero-order chi connectivity index (χ0) is 19.2. The second-order valence-electron chi connectivity index (χ2n) is 6.82. The zero-order valence-corrected chi connectivity index (χ0v) is 15.5. The van der Waals surface area contributed by atoms with Gasteiger partial charge in [-0.15, -0.1) is 0 Å². The summed E-state index contributed by atoms with van der Waals surface area (Å²) in [4.78, 5) is 28.7. The van der Waals surface area contributed by atoms with Crippen molar-refractivity contribution in [3.63, 3.8) is 0 Å². The number of nitrogens with one attached hydrogen (secondary N) is 1. The lowest BCUT2D eigenvalue weighted by Crippen LogP contribution is -2.40. The van der Waals surface area contributed by atoms with Crippen molar-refractivity contribution in [2.45, 2.75) is 33.7 Å². The van der Waals surface area contributed by atoms with Gasteiger partial charge in [-0.2, -0.15) is 5.10 Å². The van der Waals surface area contributed by atoms with Gasteiger partial charge in [0.25, 0.3) is 5.91 Å². The van der Waals surface area contributed by atoms with E-state index in [0.29, 0.717) is 11.3 Å². The highest BCUT2D eigenvalue weighted by molar-refractivity contribution is 5.97. The van der Waals surface area contributed by atoms with Gasteiger partial charge < -0.3 is 10.1 Å². The monoisotopic (exact) mass is 356 g/mol. The summed E-state index contributed by atoms with van der Waals surface area (Å²) in [5.41, 5.74) is 0.993. The number of ether oxygens (including phenoxy) is 1. The van der Waals surface area contributed by atoms with Crippen LogP contribution in [0.4, 0.5) is 0 Å². The second kappa shape index (κ2) is 8.42. The largest absolute Gasteiger partial charge is 0.464 e. The van der Waals surface area contributed by atoms with Crippen molar-refractivity contribution in [1.29, 1.82) is 0 Å². The molecule has 26 heavy (non-hydrogen) atoms. The van der Waals surface area contributed by atoms with Crippen molar-refractivity contribution in [2.24, 2.45) is 5.41 Å². The Hall–Kier alpha value is -2.96. The fourth-order valence-corrected chi connectivity index (χ4v) is 2.16. The van der Waals surface area contributed by atoms with Crippen molar-refractivity contribution in [3.05, 3.63) is 54.6 Å². The summed E-state index contributed by atoms with van der Waals surface area (Å²) in [5, 5.41) is 6.76. The molecule has 138 valence electrons. The van der Waals surface area contributed by atoms with E-state index in [0.717, 1.165) is 0 Å². The smallest absolute Gasteiger partial charge is 0.332 e. The molecule has 0 saturated heterocycles. The molecule has 2 aromatic rings. The number of esters is 1. The van der Waals surface area contributed by atoms with Gasteiger partial charge in [-0.1, -0.05) is 39.0 Å². The van der Waals surface area contributed by atoms with Gasteiger partial charge in [-0.25, -0.2) is 14.5 Å². The number of hydrogen-bond donors (Lipinski definition) is 1. The molecule has 1 amide bonds. The molecule has 7 nitrogen and oxygen atoms in total. The average Bonchev–Trinajstić information content (AvgIpc) is 3.12. The highest BCUT2D eigenvalue weighted by Gasteiger charge is 2.21. The first-order valence-corrected chi connectivity index (χ1v) is 8.42. The van der Waals surface area contributed by atoms with Crippen molar-refractivity contribution in [3.8, 4) is 5.69 Å². The molecule has 1 aromatic carbocycles. The standard InChI is InChI=1S/C19H24N4O3/c1-5-26-18(25)16(9-10-19(2,3)4)22-17(24)14-7-6-8-15(11-14)23-13-20-12-21-23/h6-13,16H,5H2,1-4H3,(H,22,24)/b10-9+. The Balaban J connectivity index is 2.19. The predicted molar refractivity (Wildman–Crippen MR) is 97.8 cm³/mol. The SMILES string of the molecule is CCOC(=O)C(/C=C/C(C)(C)C)NC(=O)c1cccc(-n2cncn2)c1. The molecule has 0 fully saturated rings. The molecule has 0 radical (unpaired) electrons. The highest BCUT2D eigenvalue weighted by Crippen LogP contribution is 2.15. The number of carbonyl (C=O) groups is 2. The molecule has 0 saturated carbocycles. The van der Waals surface area contributed by atoms with E-state index < -0.39 is 12.0 Å². The maximum absolute atomic E-state index is 12.6. The quantitative estimate of drug-likeness (QED) is 0.635. The fraction of sp³-hybridized carbons (Fsp3) is 0.368. The van der Waals surface area contributed by atoms with Crippen LogP contribution in [0.1, 0.15) is 38.1 Å². The van der Waals surface area contributed by atoms with E-state index in [2.05, 4.69) is 15.4 Å². The lowest BCUT2D eigenvalue weighted by Gasteiger charge is -2.17. The van der Waals surface area contributed by atoms with Crippen LogP contribution in [-0.4, -0.2) is 39.3 Å². The molecule has 1 N–H and O–H groups in total. The Kier molecular flexibility index (Phi) is 6.27. The van der Waals surface area contributed by atoms with E-state index in [4.69, 9.17) is 4.74 Å². The summed E-state index contributed by atoms with van der Waals surface area (Å²) in [7, 11) is 0. The molecule has 7 heteroatoms. The van der Waals surface area contributed by atoms with Gasteiger partial charge in [0.1, 0.15) is 18.7 Å². The molecule has 1 unspecified atom stereocenters. The molecule has 1 heterocycles. The maximum atomic E-state index is 12.6. The molecule has 1 atom stereocenters. The summed E-state index contributed by atoms with van der Waals surface area (Å²) in [6, 6.07) is 6.06. The second-order valence-corrected chi connectivity index (χ2v) is 6.82. The normalized spacial score (nSPS) is 12.8. The minimum absolute atomic E-state index is 0.123. The van der Waals surface area contributed by atoms with Crippen LogP contribution in [0.5, 0.6) is 0 Å². The van der Waals surface area contributed by atoms with Gasteiger partial charge >= 0.3 is 5.97 Å². The van der Waals surface area contributed by atoms with Crippen molar-refractivity contribution in [1.82, 2.24) is 20.1 Å². The lowest BCUT2D eigenvalue weighted by atomic mass is 9.95.